The predicted octanol–water partition coefficient (Wildman–Crippen LogP) is 2.39. The first-order chi connectivity index (χ1) is 10.6. The highest BCUT2D eigenvalue weighted by Gasteiger charge is 2.18. The Hall–Kier alpha value is -2.08. The zero-order valence-corrected chi connectivity index (χ0v) is 12.5. The van der Waals surface area contributed by atoms with Crippen LogP contribution in [-0.2, 0) is 6.54 Å². The Morgan fingerprint density at radius 2 is 1.73 bits per heavy atom. The van der Waals surface area contributed by atoms with Gasteiger partial charge in [-0.25, -0.2) is 8.78 Å². The molecule has 2 aromatic rings. The van der Waals surface area contributed by atoms with Crippen molar-refractivity contribution in [1.82, 2.24) is 15.1 Å². The second-order valence-corrected chi connectivity index (χ2v) is 5.54. The third-order valence-corrected chi connectivity index (χ3v) is 3.87. The van der Waals surface area contributed by atoms with Crippen LogP contribution < -0.4 is 4.90 Å². The molecule has 1 saturated heterocycles. The largest absolute Gasteiger partial charge is 0.353 e. The van der Waals surface area contributed by atoms with Gasteiger partial charge in [0, 0.05) is 32.7 Å². The Labute approximate surface area is 128 Å². The Balaban J connectivity index is 1.57. The molecule has 1 aromatic heterocycles. The zero-order valence-electron chi connectivity index (χ0n) is 12.5. The molecule has 3 rings (SSSR count). The number of rotatable bonds is 3. The van der Waals surface area contributed by atoms with Gasteiger partial charge in [0.15, 0.2) is 17.5 Å². The number of aryl methyl sites for hydroxylation is 1. The second kappa shape index (κ2) is 6.36. The first kappa shape index (κ1) is 14.8. The van der Waals surface area contributed by atoms with Gasteiger partial charge in [0.05, 0.1) is 5.69 Å². The molecule has 2 heterocycles. The van der Waals surface area contributed by atoms with Crippen molar-refractivity contribution in [2.75, 3.05) is 31.1 Å². The molecule has 0 spiro atoms. The van der Waals surface area contributed by atoms with Crippen LogP contribution in [0.15, 0.2) is 30.3 Å². The lowest BCUT2D eigenvalue weighted by Gasteiger charge is -2.35. The van der Waals surface area contributed by atoms with E-state index < -0.39 is 11.6 Å². The molecule has 0 radical (unpaired) electrons. The van der Waals surface area contributed by atoms with E-state index in [4.69, 9.17) is 0 Å². The van der Waals surface area contributed by atoms with Crippen LogP contribution in [0.5, 0.6) is 0 Å². The van der Waals surface area contributed by atoms with E-state index in [0.717, 1.165) is 43.3 Å². The lowest BCUT2D eigenvalue weighted by atomic mass is 10.2. The van der Waals surface area contributed by atoms with Crippen LogP contribution in [0, 0.1) is 18.6 Å². The third-order valence-electron chi connectivity index (χ3n) is 3.87. The van der Waals surface area contributed by atoms with E-state index in [1.165, 1.54) is 12.1 Å². The van der Waals surface area contributed by atoms with E-state index in [1.807, 2.05) is 19.1 Å². The van der Waals surface area contributed by atoms with Crippen molar-refractivity contribution < 1.29 is 8.78 Å². The van der Waals surface area contributed by atoms with Gasteiger partial charge in [0.2, 0.25) is 0 Å². The quantitative estimate of drug-likeness (QED) is 0.871. The standard InChI is InChI=1S/C16H18F2N4/c1-12-2-5-16(20-19-12)22-8-6-21(7-9-22)11-13-3-4-14(17)15(18)10-13/h2-5,10H,6-9,11H2,1H3. The van der Waals surface area contributed by atoms with E-state index in [0.29, 0.717) is 6.54 Å². The minimum absolute atomic E-state index is 0.630. The summed E-state index contributed by atoms with van der Waals surface area (Å²) in [4.78, 5) is 4.42. The number of nitrogens with zero attached hydrogens (tertiary/aromatic N) is 4. The average Bonchev–Trinajstić information content (AvgIpc) is 2.53. The Bertz CT molecular complexity index is 637. The maximum Gasteiger partial charge on any atom is 0.159 e. The fraction of sp³-hybridized carbons (Fsp3) is 0.375. The van der Waals surface area contributed by atoms with Crippen LogP contribution >= 0.6 is 0 Å². The molecule has 0 unspecified atom stereocenters. The molecule has 116 valence electrons. The van der Waals surface area contributed by atoms with Gasteiger partial charge in [-0.15, -0.1) is 5.10 Å². The van der Waals surface area contributed by atoms with Crippen molar-refractivity contribution in [3.63, 3.8) is 0 Å². The lowest BCUT2D eigenvalue weighted by Crippen LogP contribution is -2.46. The smallest absolute Gasteiger partial charge is 0.159 e. The monoisotopic (exact) mass is 304 g/mol. The second-order valence-electron chi connectivity index (χ2n) is 5.54. The molecule has 0 atom stereocenters. The highest BCUT2D eigenvalue weighted by atomic mass is 19.2. The number of hydrogen-bond acceptors (Lipinski definition) is 4. The van der Waals surface area contributed by atoms with E-state index in [-0.39, 0.29) is 0 Å². The van der Waals surface area contributed by atoms with Crippen molar-refractivity contribution in [2.45, 2.75) is 13.5 Å². The van der Waals surface area contributed by atoms with Gasteiger partial charge < -0.3 is 4.90 Å². The van der Waals surface area contributed by atoms with Gasteiger partial charge >= 0.3 is 0 Å². The molecule has 22 heavy (non-hydrogen) atoms. The van der Waals surface area contributed by atoms with E-state index >= 15 is 0 Å². The summed E-state index contributed by atoms with van der Waals surface area (Å²) in [6.07, 6.45) is 0. The molecule has 1 aromatic carbocycles. The van der Waals surface area contributed by atoms with Gasteiger partial charge in [0.25, 0.3) is 0 Å². The number of anilines is 1. The fourth-order valence-electron chi connectivity index (χ4n) is 2.59. The molecular formula is C16H18F2N4. The van der Waals surface area contributed by atoms with Crippen LogP contribution in [0.2, 0.25) is 0 Å². The van der Waals surface area contributed by atoms with Crippen LogP contribution in [0.25, 0.3) is 0 Å². The van der Waals surface area contributed by atoms with Crippen molar-refractivity contribution in [3.8, 4) is 0 Å². The predicted molar refractivity (Wildman–Crippen MR) is 80.6 cm³/mol. The molecule has 1 aliphatic rings. The molecule has 0 bridgehead atoms. The maximum atomic E-state index is 13.2. The minimum Gasteiger partial charge on any atom is -0.353 e. The van der Waals surface area contributed by atoms with Crippen molar-refractivity contribution in [1.29, 1.82) is 0 Å². The summed E-state index contributed by atoms with van der Waals surface area (Å²) >= 11 is 0. The van der Waals surface area contributed by atoms with Gasteiger partial charge in [0.1, 0.15) is 0 Å². The van der Waals surface area contributed by atoms with Crippen molar-refractivity contribution in [2.24, 2.45) is 0 Å². The summed E-state index contributed by atoms with van der Waals surface area (Å²) in [5, 5.41) is 8.28. The average molecular weight is 304 g/mol. The van der Waals surface area contributed by atoms with Crippen LogP contribution in [0.4, 0.5) is 14.6 Å². The Morgan fingerprint density at radius 3 is 2.36 bits per heavy atom. The van der Waals surface area contributed by atoms with Crippen molar-refractivity contribution >= 4 is 5.82 Å². The van der Waals surface area contributed by atoms with Crippen LogP contribution in [-0.4, -0.2) is 41.3 Å². The summed E-state index contributed by atoms with van der Waals surface area (Å²) < 4.78 is 26.2. The highest BCUT2D eigenvalue weighted by molar-refractivity contribution is 5.37. The lowest BCUT2D eigenvalue weighted by molar-refractivity contribution is 0.248. The maximum absolute atomic E-state index is 13.2. The molecule has 1 fully saturated rings. The van der Waals surface area contributed by atoms with Crippen LogP contribution in [0.3, 0.4) is 0 Å². The van der Waals surface area contributed by atoms with Gasteiger partial charge in [-0.05, 0) is 36.8 Å². The highest BCUT2D eigenvalue weighted by Crippen LogP contribution is 2.15. The molecule has 0 N–H and O–H groups in total. The summed E-state index contributed by atoms with van der Waals surface area (Å²) in [6.45, 7) is 5.95. The molecular weight excluding hydrogens is 286 g/mol. The summed E-state index contributed by atoms with van der Waals surface area (Å²) in [6, 6.07) is 8.02. The number of halogens is 2. The number of piperazine rings is 1. The van der Waals surface area contributed by atoms with E-state index in [1.54, 1.807) is 6.07 Å². The fourth-order valence-corrected chi connectivity index (χ4v) is 2.59. The summed E-state index contributed by atoms with van der Waals surface area (Å²) in [5.41, 5.74) is 1.70. The van der Waals surface area contributed by atoms with Crippen LogP contribution in [0.1, 0.15) is 11.3 Å². The first-order valence-corrected chi connectivity index (χ1v) is 7.33. The van der Waals surface area contributed by atoms with E-state index in [9.17, 15) is 8.78 Å². The van der Waals surface area contributed by atoms with Gasteiger partial charge in [-0.1, -0.05) is 6.07 Å². The van der Waals surface area contributed by atoms with Crippen molar-refractivity contribution in [3.05, 3.63) is 53.2 Å². The van der Waals surface area contributed by atoms with Gasteiger partial charge in [-0.2, -0.15) is 5.10 Å². The third kappa shape index (κ3) is 3.39. The molecule has 0 aliphatic carbocycles. The first-order valence-electron chi connectivity index (χ1n) is 7.33. The Kier molecular flexibility index (Phi) is 4.29. The van der Waals surface area contributed by atoms with Gasteiger partial charge in [-0.3, -0.25) is 4.90 Å². The SMILES string of the molecule is Cc1ccc(N2CCN(Cc3ccc(F)c(F)c3)CC2)nn1. The summed E-state index contributed by atoms with van der Waals surface area (Å²) in [5.74, 6) is -0.698. The molecule has 0 amide bonds. The molecule has 0 saturated carbocycles. The number of benzene rings is 1. The van der Waals surface area contributed by atoms with E-state index in [2.05, 4.69) is 20.0 Å². The molecule has 1 aliphatic heterocycles. The topological polar surface area (TPSA) is 32.3 Å². The molecule has 6 heteroatoms. The Morgan fingerprint density at radius 1 is 0.955 bits per heavy atom. The molecule has 4 nitrogen and oxygen atoms in total. The minimum atomic E-state index is -0.800. The normalized spacial score (nSPS) is 16.0. The number of hydrogen-bond donors (Lipinski definition) is 0. The number of aromatic nitrogens is 2. The zero-order chi connectivity index (χ0) is 15.5. The summed E-state index contributed by atoms with van der Waals surface area (Å²) in [7, 11) is 0.